The van der Waals surface area contributed by atoms with Gasteiger partial charge in [0.1, 0.15) is 5.75 Å². The molecule has 0 aliphatic rings. The van der Waals surface area contributed by atoms with Crippen molar-refractivity contribution < 1.29 is 22.7 Å². The molecule has 18 heavy (non-hydrogen) atoms. The SMILES string of the molecule is CC(=O)SCC=Cc1cccc(OC(F)(F)F)c1. The Balaban J connectivity index is 2.62. The minimum Gasteiger partial charge on any atom is -0.406 e. The predicted octanol–water partition coefficient (Wildman–Crippen LogP) is 3.88. The first-order valence-electron chi connectivity index (χ1n) is 5.02. The third-order valence-electron chi connectivity index (χ3n) is 1.78. The monoisotopic (exact) mass is 276 g/mol. The molecule has 1 aromatic carbocycles. The Morgan fingerprint density at radius 3 is 2.78 bits per heavy atom. The molecule has 1 rings (SSSR count). The van der Waals surface area contributed by atoms with E-state index >= 15 is 0 Å². The van der Waals surface area contributed by atoms with E-state index in [4.69, 9.17) is 0 Å². The van der Waals surface area contributed by atoms with E-state index in [-0.39, 0.29) is 10.9 Å². The second-order valence-electron chi connectivity index (χ2n) is 3.33. The van der Waals surface area contributed by atoms with E-state index in [1.54, 1.807) is 18.2 Å². The van der Waals surface area contributed by atoms with Gasteiger partial charge in [0.15, 0.2) is 5.12 Å². The number of carbonyl (C=O) groups is 1. The summed E-state index contributed by atoms with van der Waals surface area (Å²) in [7, 11) is 0. The van der Waals surface area contributed by atoms with Crippen LogP contribution < -0.4 is 4.74 Å². The third-order valence-corrected chi connectivity index (χ3v) is 2.55. The first kappa shape index (κ1) is 14.6. The van der Waals surface area contributed by atoms with Gasteiger partial charge in [-0.1, -0.05) is 36.0 Å². The zero-order chi connectivity index (χ0) is 13.6. The molecule has 0 aliphatic heterocycles. The van der Waals surface area contributed by atoms with Gasteiger partial charge < -0.3 is 4.74 Å². The maximum Gasteiger partial charge on any atom is 0.573 e. The quantitative estimate of drug-likeness (QED) is 0.834. The number of rotatable bonds is 4. The average molecular weight is 276 g/mol. The molecule has 0 amide bonds. The fourth-order valence-electron chi connectivity index (χ4n) is 1.16. The molecule has 0 aromatic heterocycles. The van der Waals surface area contributed by atoms with Crippen LogP contribution in [-0.2, 0) is 4.79 Å². The molecule has 0 unspecified atom stereocenters. The minimum atomic E-state index is -4.69. The Bertz CT molecular complexity index is 441. The van der Waals surface area contributed by atoms with Gasteiger partial charge in [0.25, 0.3) is 0 Å². The topological polar surface area (TPSA) is 26.3 Å². The maximum absolute atomic E-state index is 12.0. The van der Waals surface area contributed by atoms with E-state index in [0.29, 0.717) is 11.3 Å². The van der Waals surface area contributed by atoms with Crippen LogP contribution >= 0.6 is 11.8 Å². The molecule has 0 N–H and O–H groups in total. The van der Waals surface area contributed by atoms with Crippen LogP contribution in [0, 0.1) is 0 Å². The highest BCUT2D eigenvalue weighted by molar-refractivity contribution is 8.13. The maximum atomic E-state index is 12.0. The Labute approximate surface area is 107 Å². The average Bonchev–Trinajstić information content (AvgIpc) is 2.22. The van der Waals surface area contributed by atoms with Crippen molar-refractivity contribution in [2.75, 3.05) is 5.75 Å². The molecule has 98 valence electrons. The Hall–Kier alpha value is -1.43. The van der Waals surface area contributed by atoms with Crippen LogP contribution in [0.25, 0.3) is 6.08 Å². The molecule has 0 heterocycles. The van der Waals surface area contributed by atoms with Crippen molar-refractivity contribution in [1.82, 2.24) is 0 Å². The van der Waals surface area contributed by atoms with E-state index < -0.39 is 6.36 Å². The molecule has 0 radical (unpaired) electrons. The summed E-state index contributed by atoms with van der Waals surface area (Å²) < 4.78 is 39.8. The van der Waals surface area contributed by atoms with Crippen molar-refractivity contribution in [2.24, 2.45) is 0 Å². The normalized spacial score (nSPS) is 11.8. The van der Waals surface area contributed by atoms with Gasteiger partial charge in [0.05, 0.1) is 0 Å². The number of benzene rings is 1. The molecule has 0 spiro atoms. The fourth-order valence-corrected chi connectivity index (χ4v) is 1.59. The second-order valence-corrected chi connectivity index (χ2v) is 4.52. The van der Waals surface area contributed by atoms with Gasteiger partial charge in [-0.3, -0.25) is 4.79 Å². The molecule has 0 atom stereocenters. The number of thioether (sulfide) groups is 1. The lowest BCUT2D eigenvalue weighted by Gasteiger charge is -2.08. The number of hydrogen-bond donors (Lipinski definition) is 0. The Morgan fingerprint density at radius 2 is 2.17 bits per heavy atom. The molecule has 0 saturated heterocycles. The van der Waals surface area contributed by atoms with Crippen molar-refractivity contribution in [1.29, 1.82) is 0 Å². The lowest BCUT2D eigenvalue weighted by molar-refractivity contribution is -0.274. The van der Waals surface area contributed by atoms with Crippen molar-refractivity contribution in [3.8, 4) is 5.75 Å². The molecular weight excluding hydrogens is 265 g/mol. The second kappa shape index (κ2) is 6.49. The number of halogens is 3. The predicted molar refractivity (Wildman–Crippen MR) is 65.3 cm³/mol. The molecule has 1 aromatic rings. The molecular formula is C12H11F3O2S. The standard InChI is InChI=1S/C12H11F3O2S/c1-9(16)18-7-3-5-10-4-2-6-11(8-10)17-12(13,14)15/h2-6,8H,7H2,1H3. The fraction of sp³-hybridized carbons (Fsp3) is 0.250. The van der Waals surface area contributed by atoms with Gasteiger partial charge >= 0.3 is 6.36 Å². The summed E-state index contributed by atoms with van der Waals surface area (Å²) in [5.41, 5.74) is 0.584. The van der Waals surface area contributed by atoms with Crippen LogP contribution in [0.2, 0.25) is 0 Å². The molecule has 2 nitrogen and oxygen atoms in total. The summed E-state index contributed by atoms with van der Waals surface area (Å²) in [4.78, 5) is 10.6. The first-order valence-corrected chi connectivity index (χ1v) is 6.01. The minimum absolute atomic E-state index is 0.00574. The van der Waals surface area contributed by atoms with Crippen LogP contribution in [-0.4, -0.2) is 17.2 Å². The van der Waals surface area contributed by atoms with Crippen LogP contribution in [0.1, 0.15) is 12.5 Å². The van der Waals surface area contributed by atoms with Crippen molar-refractivity contribution in [2.45, 2.75) is 13.3 Å². The van der Waals surface area contributed by atoms with Crippen LogP contribution in [0.15, 0.2) is 30.3 Å². The number of hydrogen-bond acceptors (Lipinski definition) is 3. The summed E-state index contributed by atoms with van der Waals surface area (Å²) >= 11 is 1.13. The highest BCUT2D eigenvalue weighted by Crippen LogP contribution is 2.23. The van der Waals surface area contributed by atoms with Gasteiger partial charge in [0.2, 0.25) is 0 Å². The highest BCUT2D eigenvalue weighted by Gasteiger charge is 2.30. The molecule has 0 aliphatic carbocycles. The molecule has 0 saturated carbocycles. The van der Waals surface area contributed by atoms with E-state index in [0.717, 1.165) is 11.8 Å². The van der Waals surface area contributed by atoms with Crippen molar-refractivity contribution in [3.05, 3.63) is 35.9 Å². The van der Waals surface area contributed by atoms with Gasteiger partial charge in [-0.05, 0) is 17.7 Å². The molecule has 0 bridgehead atoms. The lowest BCUT2D eigenvalue weighted by Crippen LogP contribution is -2.17. The van der Waals surface area contributed by atoms with E-state index in [1.165, 1.54) is 25.1 Å². The van der Waals surface area contributed by atoms with Gasteiger partial charge in [-0.15, -0.1) is 13.2 Å². The molecule has 6 heteroatoms. The summed E-state index contributed by atoms with van der Waals surface area (Å²) in [6.07, 6.45) is -1.34. The lowest BCUT2D eigenvalue weighted by atomic mass is 10.2. The summed E-state index contributed by atoms with van der Waals surface area (Å²) in [5.74, 6) is 0.225. The summed E-state index contributed by atoms with van der Waals surface area (Å²) in [6.45, 7) is 1.45. The Kier molecular flexibility index (Phi) is 5.27. The number of ether oxygens (including phenoxy) is 1. The van der Waals surface area contributed by atoms with Crippen LogP contribution in [0.3, 0.4) is 0 Å². The van der Waals surface area contributed by atoms with Crippen molar-refractivity contribution in [3.63, 3.8) is 0 Å². The number of alkyl halides is 3. The zero-order valence-corrected chi connectivity index (χ0v) is 10.3. The molecule has 0 fully saturated rings. The summed E-state index contributed by atoms with van der Waals surface area (Å²) in [5, 5.41) is -0.00574. The Morgan fingerprint density at radius 1 is 1.44 bits per heavy atom. The van der Waals surface area contributed by atoms with Gasteiger partial charge in [0, 0.05) is 12.7 Å². The summed E-state index contributed by atoms with van der Waals surface area (Å²) in [6, 6.07) is 5.63. The zero-order valence-electron chi connectivity index (χ0n) is 9.53. The first-order chi connectivity index (χ1) is 8.37. The van der Waals surface area contributed by atoms with Crippen LogP contribution in [0.4, 0.5) is 13.2 Å². The van der Waals surface area contributed by atoms with Crippen molar-refractivity contribution >= 4 is 23.0 Å². The van der Waals surface area contributed by atoms with E-state index in [1.807, 2.05) is 0 Å². The van der Waals surface area contributed by atoms with E-state index in [2.05, 4.69) is 4.74 Å². The smallest absolute Gasteiger partial charge is 0.406 e. The van der Waals surface area contributed by atoms with Gasteiger partial charge in [-0.25, -0.2) is 0 Å². The van der Waals surface area contributed by atoms with Crippen LogP contribution in [0.5, 0.6) is 5.75 Å². The number of carbonyl (C=O) groups excluding carboxylic acids is 1. The van der Waals surface area contributed by atoms with Gasteiger partial charge in [-0.2, -0.15) is 0 Å². The van der Waals surface area contributed by atoms with E-state index in [9.17, 15) is 18.0 Å². The largest absolute Gasteiger partial charge is 0.573 e. The third kappa shape index (κ3) is 6.34. The highest BCUT2D eigenvalue weighted by atomic mass is 32.2.